The number of phenolic OH excluding ortho intramolecular Hbond substituents is 1. The molecule has 1 aromatic carbocycles. The van der Waals surface area contributed by atoms with Crippen LogP contribution in [0.2, 0.25) is 0 Å². The average Bonchev–Trinajstić information content (AvgIpc) is 2.78. The third-order valence-corrected chi connectivity index (χ3v) is 6.95. The van der Waals surface area contributed by atoms with Crippen molar-refractivity contribution in [2.45, 2.75) is 44.8 Å². The molecule has 3 aliphatic rings. The molecule has 0 aromatic heterocycles. The highest BCUT2D eigenvalue weighted by molar-refractivity contribution is 6.24. The summed E-state index contributed by atoms with van der Waals surface area (Å²) in [5.41, 5.74) is 0.127. The van der Waals surface area contributed by atoms with Gasteiger partial charge in [-0.3, -0.25) is 19.2 Å². The second-order valence-corrected chi connectivity index (χ2v) is 9.60. The SMILES string of the molecule is CC(C)NCC(=O)Nc1cc(F)c2c(c1O)C(=O)C1=C(O)[C@]3(O)C(=O)C(C(N)=O)=C(O)C[C@@H]3CC1C2. The lowest BCUT2D eigenvalue weighted by Crippen LogP contribution is -2.57. The Balaban J connectivity index is 1.78. The molecule has 4 rings (SSSR count). The Labute approximate surface area is 204 Å². The van der Waals surface area contributed by atoms with Crippen LogP contribution in [0.4, 0.5) is 10.1 Å². The number of hydrogen-bond donors (Lipinski definition) is 7. The van der Waals surface area contributed by atoms with Crippen LogP contribution in [-0.4, -0.2) is 62.0 Å². The Morgan fingerprint density at radius 3 is 2.50 bits per heavy atom. The fraction of sp³-hybridized carbons (Fsp3) is 0.417. The minimum Gasteiger partial charge on any atom is -0.511 e. The van der Waals surface area contributed by atoms with E-state index in [1.807, 2.05) is 13.8 Å². The third-order valence-electron chi connectivity index (χ3n) is 6.95. The zero-order valence-corrected chi connectivity index (χ0v) is 19.5. The zero-order valence-electron chi connectivity index (χ0n) is 19.5. The topological polar surface area (TPSA) is 199 Å². The number of halogens is 1. The maximum Gasteiger partial charge on any atom is 0.255 e. The van der Waals surface area contributed by atoms with Crippen molar-refractivity contribution in [3.05, 3.63) is 45.7 Å². The van der Waals surface area contributed by atoms with Gasteiger partial charge in [-0.15, -0.1) is 0 Å². The highest BCUT2D eigenvalue weighted by Crippen LogP contribution is 2.52. The number of benzene rings is 1. The van der Waals surface area contributed by atoms with Crippen LogP contribution >= 0.6 is 0 Å². The van der Waals surface area contributed by atoms with Crippen LogP contribution in [0.3, 0.4) is 0 Å². The van der Waals surface area contributed by atoms with Gasteiger partial charge in [0.05, 0.1) is 17.8 Å². The van der Waals surface area contributed by atoms with Crippen LogP contribution in [0.1, 0.15) is 42.6 Å². The van der Waals surface area contributed by atoms with Crippen LogP contribution < -0.4 is 16.4 Å². The van der Waals surface area contributed by atoms with Gasteiger partial charge in [-0.1, -0.05) is 13.8 Å². The van der Waals surface area contributed by atoms with Crippen LogP contribution in [0, 0.1) is 17.7 Å². The largest absolute Gasteiger partial charge is 0.511 e. The lowest BCUT2D eigenvalue weighted by molar-refractivity contribution is -0.144. The molecular formula is C24H26FN3O8. The number of carbonyl (C=O) groups is 4. The lowest BCUT2D eigenvalue weighted by Gasteiger charge is -2.45. The first-order chi connectivity index (χ1) is 16.8. The molecule has 11 nitrogen and oxygen atoms in total. The fourth-order valence-electron chi connectivity index (χ4n) is 5.23. The van der Waals surface area contributed by atoms with Gasteiger partial charge in [0, 0.05) is 35.6 Å². The number of amides is 2. The number of anilines is 1. The first-order valence-corrected chi connectivity index (χ1v) is 11.3. The van der Waals surface area contributed by atoms with Gasteiger partial charge in [0.25, 0.3) is 5.91 Å². The summed E-state index contributed by atoms with van der Waals surface area (Å²) in [6.07, 6.45) is -0.655. The first kappa shape index (κ1) is 25.3. The number of aliphatic hydroxyl groups excluding tert-OH is 2. The molecule has 3 atom stereocenters. The van der Waals surface area contributed by atoms with Gasteiger partial charge in [0.15, 0.2) is 17.1 Å². The summed E-state index contributed by atoms with van der Waals surface area (Å²) in [7, 11) is 0. The number of hydrogen-bond acceptors (Lipinski definition) is 9. The number of nitrogens with one attached hydrogen (secondary N) is 2. The van der Waals surface area contributed by atoms with Gasteiger partial charge in [-0.2, -0.15) is 0 Å². The number of carbonyl (C=O) groups excluding carboxylic acids is 4. The Hall–Kier alpha value is -3.77. The summed E-state index contributed by atoms with van der Waals surface area (Å²) in [6.45, 7) is 3.47. The number of allylic oxidation sites excluding steroid dienone is 2. The quantitative estimate of drug-likeness (QED) is 0.223. The number of aromatic hydroxyl groups is 1. The van der Waals surface area contributed by atoms with E-state index in [1.54, 1.807) is 0 Å². The number of Topliss-reactive ketones (excluding diaryl/α,β-unsaturated/α-hetero) is 2. The number of rotatable bonds is 5. The summed E-state index contributed by atoms with van der Waals surface area (Å²) in [5.74, 6) is -9.54. The first-order valence-electron chi connectivity index (χ1n) is 11.3. The predicted octanol–water partition coefficient (Wildman–Crippen LogP) is 0.656. The smallest absolute Gasteiger partial charge is 0.255 e. The summed E-state index contributed by atoms with van der Waals surface area (Å²) >= 11 is 0. The van der Waals surface area contributed by atoms with Crippen molar-refractivity contribution < 1.29 is 44.0 Å². The maximum atomic E-state index is 15.1. The summed E-state index contributed by atoms with van der Waals surface area (Å²) in [6, 6.07) is 0.869. The number of phenols is 1. The molecule has 0 heterocycles. The molecule has 0 spiro atoms. The van der Waals surface area contributed by atoms with E-state index in [1.165, 1.54) is 0 Å². The van der Waals surface area contributed by atoms with Crippen molar-refractivity contribution in [3.8, 4) is 5.75 Å². The van der Waals surface area contributed by atoms with E-state index in [2.05, 4.69) is 10.6 Å². The number of ketones is 2. The molecule has 0 radical (unpaired) electrons. The van der Waals surface area contributed by atoms with Gasteiger partial charge in [0.2, 0.25) is 11.7 Å². The van der Waals surface area contributed by atoms with E-state index in [-0.39, 0.29) is 43.1 Å². The summed E-state index contributed by atoms with van der Waals surface area (Å²) in [4.78, 5) is 50.3. The minimum absolute atomic E-state index is 0.0201. The van der Waals surface area contributed by atoms with Crippen molar-refractivity contribution in [1.29, 1.82) is 0 Å². The average molecular weight is 503 g/mol. The molecule has 12 heteroatoms. The summed E-state index contributed by atoms with van der Waals surface area (Å²) < 4.78 is 15.1. The van der Waals surface area contributed by atoms with Crippen molar-refractivity contribution in [2.24, 2.45) is 17.6 Å². The highest BCUT2D eigenvalue weighted by Gasteiger charge is 2.59. The molecule has 8 N–H and O–H groups in total. The van der Waals surface area contributed by atoms with Crippen molar-refractivity contribution in [2.75, 3.05) is 11.9 Å². The van der Waals surface area contributed by atoms with E-state index in [9.17, 15) is 39.6 Å². The Morgan fingerprint density at radius 1 is 1.22 bits per heavy atom. The van der Waals surface area contributed by atoms with Crippen LogP contribution in [0.25, 0.3) is 0 Å². The van der Waals surface area contributed by atoms with Gasteiger partial charge in [-0.05, 0) is 18.8 Å². The molecule has 3 aliphatic carbocycles. The lowest BCUT2D eigenvalue weighted by atomic mass is 9.60. The minimum atomic E-state index is -2.71. The van der Waals surface area contributed by atoms with E-state index in [0.29, 0.717) is 0 Å². The molecule has 0 saturated heterocycles. The molecule has 0 aliphatic heterocycles. The highest BCUT2D eigenvalue weighted by atomic mass is 19.1. The second-order valence-electron chi connectivity index (χ2n) is 9.60. The van der Waals surface area contributed by atoms with E-state index in [0.717, 1.165) is 6.07 Å². The van der Waals surface area contributed by atoms with Crippen molar-refractivity contribution >= 4 is 29.1 Å². The van der Waals surface area contributed by atoms with E-state index < -0.39 is 80.6 Å². The Bertz CT molecular complexity index is 1280. The monoisotopic (exact) mass is 503 g/mol. The molecule has 1 aromatic rings. The van der Waals surface area contributed by atoms with Crippen LogP contribution in [0.5, 0.6) is 5.75 Å². The van der Waals surface area contributed by atoms with E-state index in [4.69, 9.17) is 5.73 Å². The fourth-order valence-corrected chi connectivity index (χ4v) is 5.23. The normalized spacial score (nSPS) is 25.5. The number of nitrogens with two attached hydrogens (primary N) is 1. The van der Waals surface area contributed by atoms with Gasteiger partial charge in [0.1, 0.15) is 22.9 Å². The Kier molecular flexibility index (Phi) is 6.13. The third kappa shape index (κ3) is 3.73. The van der Waals surface area contributed by atoms with Crippen LogP contribution in [-0.2, 0) is 20.8 Å². The molecule has 0 saturated carbocycles. The number of aliphatic hydroxyl groups is 3. The Morgan fingerprint density at radius 2 is 1.89 bits per heavy atom. The van der Waals surface area contributed by atoms with Crippen molar-refractivity contribution in [3.63, 3.8) is 0 Å². The molecule has 1 unspecified atom stereocenters. The van der Waals surface area contributed by atoms with Gasteiger partial charge < -0.3 is 36.8 Å². The number of primary amides is 1. The molecule has 0 bridgehead atoms. The zero-order chi connectivity index (χ0) is 26.7. The van der Waals surface area contributed by atoms with Gasteiger partial charge >= 0.3 is 0 Å². The van der Waals surface area contributed by atoms with Crippen LogP contribution in [0.15, 0.2) is 28.7 Å². The second kappa shape index (κ2) is 8.71. The van der Waals surface area contributed by atoms with E-state index >= 15 is 4.39 Å². The maximum absolute atomic E-state index is 15.1. The molecule has 2 amide bonds. The number of fused-ring (bicyclic) bond motifs is 3. The molecule has 192 valence electrons. The van der Waals surface area contributed by atoms with Crippen molar-refractivity contribution in [1.82, 2.24) is 5.32 Å². The summed E-state index contributed by atoms with van der Waals surface area (Å²) in [5, 5.41) is 48.3. The van der Waals surface area contributed by atoms with Gasteiger partial charge in [-0.25, -0.2) is 4.39 Å². The molecule has 0 fully saturated rings. The standard InChI is InChI=1S/C24H26FN3O8/c1-8(2)27-7-15(30)28-13-6-12(25)11-4-9-3-10-5-14(29)18(23(26)35)22(34)24(10,36)21(33)16(9)20(32)17(11)19(13)31/h6,8-10,27,29,31,33,36H,3-5,7H2,1-2H3,(H2,26,35)(H,28,30)/t9?,10-,24-/m0/s1. The molecular weight excluding hydrogens is 477 g/mol. The molecule has 36 heavy (non-hydrogen) atoms. The predicted molar refractivity (Wildman–Crippen MR) is 123 cm³/mol.